The number of fused-ring (bicyclic) bond motifs is 1. The van der Waals surface area contributed by atoms with Crippen molar-refractivity contribution in [1.82, 2.24) is 14.9 Å². The Labute approximate surface area is 132 Å². The van der Waals surface area contributed by atoms with Crippen LogP contribution in [-0.2, 0) is 16.0 Å². The fraction of sp³-hybridized carbons (Fsp3) is 0.429. The van der Waals surface area contributed by atoms with Gasteiger partial charge in [0, 0.05) is 25.1 Å². The molecule has 1 aromatic heterocycles. The molecule has 0 bridgehead atoms. The van der Waals surface area contributed by atoms with Crippen molar-refractivity contribution in [2.75, 3.05) is 24.6 Å². The first-order valence-electron chi connectivity index (χ1n) is 7.05. The van der Waals surface area contributed by atoms with Gasteiger partial charge in [0.25, 0.3) is 0 Å². The van der Waals surface area contributed by atoms with Crippen LogP contribution in [-0.4, -0.2) is 50.5 Å². The van der Waals surface area contributed by atoms with E-state index in [2.05, 4.69) is 9.97 Å². The van der Waals surface area contributed by atoms with E-state index in [4.69, 9.17) is 21.3 Å². The van der Waals surface area contributed by atoms with E-state index in [0.717, 1.165) is 12.2 Å². The lowest BCUT2D eigenvalue weighted by atomic mass is 9.99. The van der Waals surface area contributed by atoms with E-state index in [-0.39, 0.29) is 18.3 Å². The summed E-state index contributed by atoms with van der Waals surface area (Å²) in [7, 11) is 0. The highest BCUT2D eigenvalue weighted by Crippen LogP contribution is 2.37. The average Bonchev–Trinajstić information content (AvgIpc) is 2.79. The Morgan fingerprint density at radius 1 is 1.39 bits per heavy atom. The Balaban J connectivity index is 2.14. The highest BCUT2D eigenvalue weighted by atomic mass is 16.5. The van der Waals surface area contributed by atoms with Crippen molar-refractivity contribution >= 4 is 23.6 Å². The van der Waals surface area contributed by atoms with Crippen LogP contribution < -0.4 is 16.2 Å². The molecule has 2 rings (SSSR count). The summed E-state index contributed by atoms with van der Waals surface area (Å²) < 4.78 is 5.82. The van der Waals surface area contributed by atoms with Gasteiger partial charge < -0.3 is 26.2 Å². The van der Waals surface area contributed by atoms with E-state index >= 15 is 0 Å². The number of hydrogen-bond donors (Lipinski definition) is 3. The van der Waals surface area contributed by atoms with Crippen LogP contribution in [0.3, 0.4) is 0 Å². The third-order valence-corrected chi connectivity index (χ3v) is 3.50. The Morgan fingerprint density at radius 3 is 2.70 bits per heavy atom. The molecule has 124 valence electrons. The first kappa shape index (κ1) is 16.5. The third kappa shape index (κ3) is 3.68. The van der Waals surface area contributed by atoms with Crippen LogP contribution >= 0.6 is 0 Å². The number of carboxylic acid groups (broad SMARTS) is 1. The minimum atomic E-state index is -1.18. The van der Waals surface area contributed by atoms with Crippen molar-refractivity contribution in [1.29, 1.82) is 0 Å². The number of amides is 1. The van der Waals surface area contributed by atoms with Gasteiger partial charge in [-0.3, -0.25) is 4.79 Å². The maximum atomic E-state index is 12.1. The van der Waals surface area contributed by atoms with Gasteiger partial charge in [-0.2, -0.15) is 9.97 Å². The number of carbonyl (C=O) groups is 2. The molecule has 0 unspecified atom stereocenters. The van der Waals surface area contributed by atoms with Gasteiger partial charge in [-0.15, -0.1) is 0 Å². The topological polar surface area (TPSA) is 145 Å². The molecule has 23 heavy (non-hydrogen) atoms. The normalized spacial score (nSPS) is 19.4. The molecule has 2 heterocycles. The molecule has 0 saturated carbocycles. The summed E-state index contributed by atoms with van der Waals surface area (Å²) in [6.45, 7) is 4.27. The summed E-state index contributed by atoms with van der Waals surface area (Å²) in [6, 6.07) is 0. The molecule has 0 fully saturated rings. The van der Waals surface area contributed by atoms with Gasteiger partial charge in [-0.05, 0) is 13.8 Å². The molecule has 0 radical (unpaired) electrons. The maximum absolute atomic E-state index is 12.1. The predicted octanol–water partition coefficient (Wildman–Crippen LogP) is -0.176. The van der Waals surface area contributed by atoms with E-state index in [1.165, 1.54) is 4.90 Å². The Hall–Kier alpha value is -2.84. The van der Waals surface area contributed by atoms with Gasteiger partial charge in [0.1, 0.15) is 11.4 Å². The molecule has 1 aromatic rings. The zero-order chi connectivity index (χ0) is 17.2. The molecule has 1 atom stereocenters. The van der Waals surface area contributed by atoms with Crippen LogP contribution in [0.5, 0.6) is 5.88 Å². The maximum Gasteiger partial charge on any atom is 0.328 e. The number of carbonyl (C=O) groups excluding carboxylic acids is 1. The average molecular weight is 321 g/mol. The second-order valence-corrected chi connectivity index (χ2v) is 5.50. The van der Waals surface area contributed by atoms with E-state index in [9.17, 15) is 9.59 Å². The lowest BCUT2D eigenvalue weighted by molar-refractivity contribution is -0.132. The number of hydrogen-bond acceptors (Lipinski definition) is 7. The third-order valence-electron chi connectivity index (χ3n) is 3.50. The molecule has 1 amide bonds. The van der Waals surface area contributed by atoms with Gasteiger partial charge in [0.2, 0.25) is 17.7 Å². The molecule has 0 spiro atoms. The van der Waals surface area contributed by atoms with Crippen LogP contribution in [0.2, 0.25) is 0 Å². The Kier molecular flexibility index (Phi) is 4.39. The highest BCUT2D eigenvalue weighted by molar-refractivity contribution is 5.93. The fourth-order valence-electron chi connectivity index (χ4n) is 2.48. The van der Waals surface area contributed by atoms with E-state index < -0.39 is 17.5 Å². The second kappa shape index (κ2) is 6.11. The number of aromatic nitrogens is 2. The number of rotatable bonds is 5. The fourth-order valence-corrected chi connectivity index (χ4v) is 2.48. The molecule has 9 nitrogen and oxygen atoms in total. The number of aliphatic carboxylic acids is 1. The van der Waals surface area contributed by atoms with Crippen molar-refractivity contribution in [3.8, 4) is 5.88 Å². The lowest BCUT2D eigenvalue weighted by Gasteiger charge is -2.30. The number of carboxylic acids is 1. The van der Waals surface area contributed by atoms with E-state index in [1.54, 1.807) is 6.92 Å². The van der Waals surface area contributed by atoms with Gasteiger partial charge in [-0.25, -0.2) is 4.79 Å². The number of nitrogens with zero attached hydrogens (tertiary/aromatic N) is 3. The summed E-state index contributed by atoms with van der Waals surface area (Å²) in [5, 5.41) is 8.60. The summed E-state index contributed by atoms with van der Waals surface area (Å²) in [5.41, 5.74) is 11.3. The van der Waals surface area contributed by atoms with Gasteiger partial charge >= 0.3 is 5.97 Å². The second-order valence-electron chi connectivity index (χ2n) is 5.50. The quantitative estimate of drug-likeness (QED) is 0.633. The van der Waals surface area contributed by atoms with Crippen LogP contribution in [0.25, 0.3) is 0 Å². The zero-order valence-corrected chi connectivity index (χ0v) is 12.9. The van der Waals surface area contributed by atoms with Gasteiger partial charge in [0.15, 0.2) is 0 Å². The summed E-state index contributed by atoms with van der Waals surface area (Å²) >= 11 is 0. The number of likely N-dealkylation sites (N-methyl/N-ethyl adjacent to an activating group) is 1. The van der Waals surface area contributed by atoms with Crippen LogP contribution in [0.15, 0.2) is 12.2 Å². The molecular formula is C14H19N5O4. The predicted molar refractivity (Wildman–Crippen MR) is 82.6 cm³/mol. The number of nitrogen functional groups attached to an aromatic ring is 2. The van der Waals surface area contributed by atoms with Crippen molar-refractivity contribution in [3.05, 3.63) is 17.7 Å². The molecule has 9 heteroatoms. The van der Waals surface area contributed by atoms with E-state index in [1.807, 2.05) is 6.92 Å². The molecule has 0 aromatic carbocycles. The zero-order valence-electron chi connectivity index (χ0n) is 12.9. The van der Waals surface area contributed by atoms with Crippen molar-refractivity contribution in [2.45, 2.75) is 25.9 Å². The van der Waals surface area contributed by atoms with Crippen LogP contribution in [0.1, 0.15) is 19.4 Å². The highest BCUT2D eigenvalue weighted by Gasteiger charge is 2.39. The Morgan fingerprint density at radius 2 is 2.09 bits per heavy atom. The standard InChI is InChI=1S/C14H19N5O4/c1-3-19(9(20)4-5-10(21)22)7-14(2)6-8-11(15)17-13(16)18-12(8)23-14/h4-5H,3,6-7H2,1-2H3,(H,21,22)(H4,15,16,17,18)/b5-4+/t14-/m1/s1. The first-order valence-corrected chi connectivity index (χ1v) is 7.05. The first-order chi connectivity index (χ1) is 10.7. The monoisotopic (exact) mass is 321 g/mol. The minimum Gasteiger partial charge on any atom is -0.478 e. The Bertz CT molecular complexity index is 675. The van der Waals surface area contributed by atoms with Crippen LogP contribution in [0.4, 0.5) is 11.8 Å². The molecule has 1 aliphatic heterocycles. The minimum absolute atomic E-state index is 0.0262. The summed E-state index contributed by atoms with van der Waals surface area (Å²) in [6.07, 6.45) is 2.26. The summed E-state index contributed by atoms with van der Waals surface area (Å²) in [4.78, 5) is 32.0. The van der Waals surface area contributed by atoms with Gasteiger partial charge in [-0.1, -0.05) is 0 Å². The molecule has 5 N–H and O–H groups in total. The summed E-state index contributed by atoms with van der Waals surface area (Å²) in [5.74, 6) is -0.977. The van der Waals surface area contributed by atoms with Crippen LogP contribution in [0, 0.1) is 0 Å². The molecule has 0 aliphatic carbocycles. The number of nitrogens with two attached hydrogens (primary N) is 2. The van der Waals surface area contributed by atoms with Gasteiger partial charge in [0.05, 0.1) is 12.1 Å². The largest absolute Gasteiger partial charge is 0.478 e. The molecular weight excluding hydrogens is 302 g/mol. The lowest BCUT2D eigenvalue weighted by Crippen LogP contribution is -2.46. The van der Waals surface area contributed by atoms with Crippen molar-refractivity contribution < 1.29 is 19.4 Å². The van der Waals surface area contributed by atoms with Crippen molar-refractivity contribution in [3.63, 3.8) is 0 Å². The SMILES string of the molecule is CCN(C[C@@]1(C)Cc2c(N)nc(N)nc2O1)C(=O)/C=C/C(=O)O. The van der Waals surface area contributed by atoms with Crippen molar-refractivity contribution in [2.24, 2.45) is 0 Å². The number of anilines is 2. The number of ether oxygens (including phenoxy) is 1. The van der Waals surface area contributed by atoms with E-state index in [0.29, 0.717) is 24.4 Å². The molecule has 1 aliphatic rings. The smallest absolute Gasteiger partial charge is 0.328 e. The molecule has 0 saturated heterocycles.